The Morgan fingerprint density at radius 3 is 2.16 bits per heavy atom. The molecular formula is C13H7Cl3F2O. The normalized spacial score (nSPS) is 12.5. The Bertz CT molecular complexity index is 632. The molecule has 0 aliphatic carbocycles. The van der Waals surface area contributed by atoms with Crippen LogP contribution in [-0.2, 0) is 0 Å². The molecule has 0 bridgehead atoms. The molecule has 6 heteroatoms. The molecule has 1 nitrogen and oxygen atoms in total. The van der Waals surface area contributed by atoms with E-state index in [9.17, 15) is 13.9 Å². The number of aliphatic hydroxyl groups excluding tert-OH is 1. The molecule has 19 heavy (non-hydrogen) atoms. The Kier molecular flexibility index (Phi) is 4.31. The summed E-state index contributed by atoms with van der Waals surface area (Å²) in [5.74, 6) is -1.61. The van der Waals surface area contributed by atoms with E-state index in [0.717, 1.165) is 12.1 Å². The van der Waals surface area contributed by atoms with Crippen molar-refractivity contribution in [3.8, 4) is 0 Å². The van der Waals surface area contributed by atoms with Crippen molar-refractivity contribution in [3.63, 3.8) is 0 Å². The smallest absolute Gasteiger partial charge is 0.142 e. The van der Waals surface area contributed by atoms with E-state index in [2.05, 4.69) is 0 Å². The van der Waals surface area contributed by atoms with Gasteiger partial charge in [-0.2, -0.15) is 0 Å². The van der Waals surface area contributed by atoms with Crippen molar-refractivity contribution in [2.24, 2.45) is 0 Å². The zero-order chi connectivity index (χ0) is 14.2. The van der Waals surface area contributed by atoms with Gasteiger partial charge >= 0.3 is 0 Å². The van der Waals surface area contributed by atoms with Gasteiger partial charge in [-0.1, -0.05) is 40.9 Å². The Morgan fingerprint density at radius 2 is 1.53 bits per heavy atom. The standard InChI is InChI=1S/C13H7Cl3F2O/c14-8-2-1-6(3-9(8)15)13(19)7-4-12(18)10(16)5-11(7)17/h1-5,13,19H. The summed E-state index contributed by atoms with van der Waals surface area (Å²) in [5.41, 5.74) is 0.0790. The molecule has 0 aromatic heterocycles. The van der Waals surface area contributed by atoms with Crippen LogP contribution in [0.1, 0.15) is 17.2 Å². The quantitative estimate of drug-likeness (QED) is 0.771. The lowest BCUT2D eigenvalue weighted by molar-refractivity contribution is 0.214. The maximum absolute atomic E-state index is 13.7. The first kappa shape index (κ1) is 14.5. The third-order valence-electron chi connectivity index (χ3n) is 2.59. The highest BCUT2D eigenvalue weighted by Gasteiger charge is 2.18. The lowest BCUT2D eigenvalue weighted by Crippen LogP contribution is -2.03. The van der Waals surface area contributed by atoms with Crippen LogP contribution in [-0.4, -0.2) is 5.11 Å². The second-order valence-corrected chi connectivity index (χ2v) is 5.09. The van der Waals surface area contributed by atoms with Crippen LogP contribution in [0.4, 0.5) is 8.78 Å². The van der Waals surface area contributed by atoms with Crippen LogP contribution in [0.2, 0.25) is 15.1 Å². The number of rotatable bonds is 2. The second-order valence-electron chi connectivity index (χ2n) is 3.86. The maximum Gasteiger partial charge on any atom is 0.142 e. The number of halogens is 5. The molecule has 0 saturated heterocycles. The van der Waals surface area contributed by atoms with E-state index >= 15 is 0 Å². The van der Waals surface area contributed by atoms with E-state index in [-0.39, 0.29) is 15.6 Å². The van der Waals surface area contributed by atoms with Gasteiger partial charge in [0.2, 0.25) is 0 Å². The summed E-state index contributed by atoms with van der Waals surface area (Å²) in [6, 6.07) is 6.00. The van der Waals surface area contributed by atoms with Crippen molar-refractivity contribution in [1.29, 1.82) is 0 Å². The first-order valence-corrected chi connectivity index (χ1v) is 6.31. The predicted molar refractivity (Wildman–Crippen MR) is 71.9 cm³/mol. The zero-order valence-corrected chi connectivity index (χ0v) is 11.6. The maximum atomic E-state index is 13.7. The number of hydrogen-bond acceptors (Lipinski definition) is 1. The van der Waals surface area contributed by atoms with Crippen molar-refractivity contribution in [3.05, 3.63) is 68.2 Å². The van der Waals surface area contributed by atoms with Crippen LogP contribution in [0.5, 0.6) is 0 Å². The van der Waals surface area contributed by atoms with Gasteiger partial charge in [0, 0.05) is 5.56 Å². The van der Waals surface area contributed by atoms with Crippen LogP contribution in [0, 0.1) is 11.6 Å². The minimum Gasteiger partial charge on any atom is -0.384 e. The first-order chi connectivity index (χ1) is 8.90. The molecule has 0 saturated carbocycles. The van der Waals surface area contributed by atoms with Crippen LogP contribution in [0.25, 0.3) is 0 Å². The number of benzene rings is 2. The molecule has 2 rings (SSSR count). The van der Waals surface area contributed by atoms with Crippen molar-refractivity contribution >= 4 is 34.8 Å². The second kappa shape index (κ2) is 5.63. The summed E-state index contributed by atoms with van der Waals surface area (Å²) in [6.07, 6.45) is -1.36. The molecule has 0 heterocycles. The van der Waals surface area contributed by atoms with E-state index in [1.165, 1.54) is 18.2 Å². The van der Waals surface area contributed by atoms with E-state index in [1.807, 2.05) is 0 Å². The zero-order valence-electron chi connectivity index (χ0n) is 9.30. The molecule has 2 aromatic rings. The fraction of sp³-hybridized carbons (Fsp3) is 0.0769. The molecule has 2 aromatic carbocycles. The molecule has 0 amide bonds. The minimum absolute atomic E-state index is 0.216. The summed E-state index contributed by atoms with van der Waals surface area (Å²) in [7, 11) is 0. The largest absolute Gasteiger partial charge is 0.384 e. The minimum atomic E-state index is -1.36. The van der Waals surface area contributed by atoms with Gasteiger partial charge < -0.3 is 5.11 Å². The molecular weight excluding hydrogens is 316 g/mol. The van der Waals surface area contributed by atoms with Crippen molar-refractivity contribution in [1.82, 2.24) is 0 Å². The molecule has 1 unspecified atom stereocenters. The Balaban J connectivity index is 2.46. The van der Waals surface area contributed by atoms with E-state index in [1.54, 1.807) is 0 Å². The van der Waals surface area contributed by atoms with Crippen LogP contribution in [0.15, 0.2) is 30.3 Å². The topological polar surface area (TPSA) is 20.2 Å². The predicted octanol–water partition coefficient (Wildman–Crippen LogP) is 5.01. The van der Waals surface area contributed by atoms with Gasteiger partial charge in [-0.05, 0) is 29.8 Å². The Labute approximate surface area is 123 Å². The highest BCUT2D eigenvalue weighted by molar-refractivity contribution is 6.42. The molecule has 0 aliphatic rings. The van der Waals surface area contributed by atoms with Crippen LogP contribution < -0.4 is 0 Å². The van der Waals surface area contributed by atoms with Crippen LogP contribution in [0.3, 0.4) is 0 Å². The van der Waals surface area contributed by atoms with Crippen molar-refractivity contribution < 1.29 is 13.9 Å². The van der Waals surface area contributed by atoms with Crippen molar-refractivity contribution in [2.75, 3.05) is 0 Å². The number of hydrogen-bond donors (Lipinski definition) is 1. The van der Waals surface area contributed by atoms with E-state index in [0.29, 0.717) is 10.6 Å². The third-order valence-corrected chi connectivity index (χ3v) is 3.62. The van der Waals surface area contributed by atoms with Gasteiger partial charge in [0.05, 0.1) is 15.1 Å². The molecule has 0 fully saturated rings. The summed E-state index contributed by atoms with van der Waals surface area (Å²) >= 11 is 17.0. The van der Waals surface area contributed by atoms with Gasteiger partial charge in [0.1, 0.15) is 17.7 Å². The molecule has 1 atom stereocenters. The summed E-state index contributed by atoms with van der Waals surface area (Å²) in [6.45, 7) is 0. The summed E-state index contributed by atoms with van der Waals surface area (Å²) < 4.78 is 27.0. The Morgan fingerprint density at radius 1 is 0.842 bits per heavy atom. The molecule has 1 N–H and O–H groups in total. The van der Waals surface area contributed by atoms with Gasteiger partial charge in [0.15, 0.2) is 0 Å². The summed E-state index contributed by atoms with van der Waals surface area (Å²) in [4.78, 5) is 0. The van der Waals surface area contributed by atoms with E-state index < -0.39 is 17.7 Å². The molecule has 0 aliphatic heterocycles. The lowest BCUT2D eigenvalue weighted by atomic mass is 10.0. The third kappa shape index (κ3) is 3.00. The van der Waals surface area contributed by atoms with Crippen molar-refractivity contribution in [2.45, 2.75) is 6.10 Å². The monoisotopic (exact) mass is 322 g/mol. The average Bonchev–Trinajstić information content (AvgIpc) is 2.36. The van der Waals surface area contributed by atoms with Crippen LogP contribution >= 0.6 is 34.8 Å². The first-order valence-electron chi connectivity index (χ1n) is 5.17. The van der Waals surface area contributed by atoms with Gasteiger partial charge in [-0.3, -0.25) is 0 Å². The SMILES string of the molecule is OC(c1ccc(Cl)c(Cl)c1)c1cc(F)c(Cl)cc1F. The average molecular weight is 324 g/mol. The number of aliphatic hydroxyl groups is 1. The molecule has 0 radical (unpaired) electrons. The lowest BCUT2D eigenvalue weighted by Gasteiger charge is -2.13. The van der Waals surface area contributed by atoms with Gasteiger partial charge in [-0.15, -0.1) is 0 Å². The molecule has 0 spiro atoms. The fourth-order valence-corrected chi connectivity index (χ4v) is 2.07. The highest BCUT2D eigenvalue weighted by Crippen LogP contribution is 2.31. The van der Waals surface area contributed by atoms with Gasteiger partial charge in [0.25, 0.3) is 0 Å². The fourth-order valence-electron chi connectivity index (χ4n) is 1.61. The highest BCUT2D eigenvalue weighted by atomic mass is 35.5. The Hall–Kier alpha value is -0.870. The molecule has 100 valence electrons. The van der Waals surface area contributed by atoms with E-state index in [4.69, 9.17) is 34.8 Å². The van der Waals surface area contributed by atoms with Gasteiger partial charge in [-0.25, -0.2) is 8.78 Å². The summed E-state index contributed by atoms with van der Waals surface area (Å²) in [5, 5.41) is 10.2.